The average molecular weight is 250 g/mol. The summed E-state index contributed by atoms with van der Waals surface area (Å²) in [4.78, 5) is 17.8. The number of likely N-dealkylation sites (N-methyl/N-ethyl adjacent to an activating group) is 1. The second kappa shape index (κ2) is 5.96. The van der Waals surface area contributed by atoms with Crippen molar-refractivity contribution in [2.45, 2.75) is 45.9 Å². The molecule has 18 heavy (non-hydrogen) atoms. The SMILES string of the molecule is CC(C(=O)OC(C)(C)C)N(C)Cc1ccncc1. The van der Waals surface area contributed by atoms with Gasteiger partial charge in [0.05, 0.1) is 0 Å². The van der Waals surface area contributed by atoms with Gasteiger partial charge in [0.15, 0.2) is 0 Å². The van der Waals surface area contributed by atoms with Crippen LogP contribution in [0.15, 0.2) is 24.5 Å². The number of pyridine rings is 1. The van der Waals surface area contributed by atoms with E-state index in [-0.39, 0.29) is 12.0 Å². The molecule has 0 aromatic carbocycles. The van der Waals surface area contributed by atoms with E-state index in [0.717, 1.165) is 5.56 Å². The Labute approximate surface area is 109 Å². The molecule has 1 rings (SSSR count). The van der Waals surface area contributed by atoms with Crippen molar-refractivity contribution in [2.75, 3.05) is 7.05 Å². The molecule has 1 atom stereocenters. The van der Waals surface area contributed by atoms with E-state index in [9.17, 15) is 4.79 Å². The quantitative estimate of drug-likeness (QED) is 0.769. The van der Waals surface area contributed by atoms with Gasteiger partial charge in [-0.15, -0.1) is 0 Å². The Morgan fingerprint density at radius 1 is 1.39 bits per heavy atom. The first-order valence-electron chi connectivity index (χ1n) is 6.11. The maximum absolute atomic E-state index is 11.9. The van der Waals surface area contributed by atoms with Crippen molar-refractivity contribution in [1.29, 1.82) is 0 Å². The molecule has 0 amide bonds. The number of esters is 1. The van der Waals surface area contributed by atoms with Crippen molar-refractivity contribution < 1.29 is 9.53 Å². The normalized spacial score (nSPS) is 13.4. The summed E-state index contributed by atoms with van der Waals surface area (Å²) in [6.45, 7) is 8.18. The Morgan fingerprint density at radius 2 is 1.94 bits per heavy atom. The Hall–Kier alpha value is -1.42. The molecule has 0 N–H and O–H groups in total. The van der Waals surface area contributed by atoms with Crippen molar-refractivity contribution in [2.24, 2.45) is 0 Å². The zero-order chi connectivity index (χ0) is 13.8. The minimum Gasteiger partial charge on any atom is -0.459 e. The molecule has 0 aliphatic heterocycles. The predicted octanol–water partition coefficient (Wildman–Crippen LogP) is 2.24. The van der Waals surface area contributed by atoms with Gasteiger partial charge in [-0.3, -0.25) is 14.7 Å². The molecule has 1 unspecified atom stereocenters. The third-order valence-corrected chi connectivity index (χ3v) is 2.59. The lowest BCUT2D eigenvalue weighted by molar-refractivity contribution is -0.160. The second-order valence-electron chi connectivity index (χ2n) is 5.48. The zero-order valence-corrected chi connectivity index (χ0v) is 11.8. The van der Waals surface area contributed by atoms with E-state index in [2.05, 4.69) is 4.98 Å². The summed E-state index contributed by atoms with van der Waals surface area (Å²) in [7, 11) is 1.91. The Kier molecular flexibility index (Phi) is 4.84. The fraction of sp³-hybridized carbons (Fsp3) is 0.571. The standard InChI is InChI=1S/C14H22N2O2/c1-11(13(17)18-14(2,3)4)16(5)10-12-6-8-15-9-7-12/h6-9,11H,10H2,1-5H3. The van der Waals surface area contributed by atoms with Crippen LogP contribution in [0.1, 0.15) is 33.3 Å². The Balaban J connectivity index is 2.56. The molecule has 0 spiro atoms. The van der Waals surface area contributed by atoms with E-state index in [1.807, 2.05) is 51.8 Å². The van der Waals surface area contributed by atoms with Crippen LogP contribution in [0.3, 0.4) is 0 Å². The van der Waals surface area contributed by atoms with E-state index in [1.165, 1.54) is 0 Å². The third kappa shape index (κ3) is 4.84. The van der Waals surface area contributed by atoms with Gasteiger partial charge in [-0.1, -0.05) is 0 Å². The van der Waals surface area contributed by atoms with Crippen molar-refractivity contribution >= 4 is 5.97 Å². The number of ether oxygens (including phenoxy) is 1. The average Bonchev–Trinajstić information content (AvgIpc) is 2.27. The first kappa shape index (κ1) is 14.6. The first-order valence-corrected chi connectivity index (χ1v) is 6.11. The molecular weight excluding hydrogens is 228 g/mol. The van der Waals surface area contributed by atoms with Crippen molar-refractivity contribution in [3.63, 3.8) is 0 Å². The molecule has 0 radical (unpaired) electrons. The van der Waals surface area contributed by atoms with Crippen LogP contribution >= 0.6 is 0 Å². The number of rotatable bonds is 4. The zero-order valence-electron chi connectivity index (χ0n) is 11.8. The monoisotopic (exact) mass is 250 g/mol. The molecular formula is C14H22N2O2. The maximum atomic E-state index is 11.9. The molecule has 4 nitrogen and oxygen atoms in total. The Bertz CT molecular complexity index is 385. The lowest BCUT2D eigenvalue weighted by atomic mass is 10.2. The summed E-state index contributed by atoms with van der Waals surface area (Å²) in [5.74, 6) is -0.195. The molecule has 1 aromatic rings. The third-order valence-electron chi connectivity index (χ3n) is 2.59. The smallest absolute Gasteiger partial charge is 0.323 e. The molecule has 0 aliphatic carbocycles. The van der Waals surface area contributed by atoms with Crippen LogP contribution < -0.4 is 0 Å². The summed E-state index contributed by atoms with van der Waals surface area (Å²) < 4.78 is 5.37. The fourth-order valence-corrected chi connectivity index (χ4v) is 1.48. The molecule has 0 saturated carbocycles. The lowest BCUT2D eigenvalue weighted by Crippen LogP contribution is -2.40. The van der Waals surface area contributed by atoms with Crippen molar-refractivity contribution in [3.8, 4) is 0 Å². The first-order chi connectivity index (χ1) is 8.29. The minimum absolute atomic E-state index is 0.195. The summed E-state index contributed by atoms with van der Waals surface area (Å²) in [6.07, 6.45) is 3.50. The van der Waals surface area contributed by atoms with Gasteiger partial charge >= 0.3 is 5.97 Å². The van der Waals surface area contributed by atoms with E-state index in [4.69, 9.17) is 4.74 Å². The molecule has 0 bridgehead atoms. The van der Waals surface area contributed by atoms with Gasteiger partial charge in [0.2, 0.25) is 0 Å². The molecule has 0 aliphatic rings. The highest BCUT2D eigenvalue weighted by molar-refractivity contribution is 5.75. The number of nitrogens with zero attached hydrogens (tertiary/aromatic N) is 2. The highest BCUT2D eigenvalue weighted by atomic mass is 16.6. The summed E-state index contributed by atoms with van der Waals surface area (Å²) >= 11 is 0. The number of aromatic nitrogens is 1. The van der Waals surface area contributed by atoms with Crippen LogP contribution in [-0.2, 0) is 16.1 Å². The summed E-state index contributed by atoms with van der Waals surface area (Å²) in [6, 6.07) is 3.62. The highest BCUT2D eigenvalue weighted by Crippen LogP contribution is 2.12. The van der Waals surface area contributed by atoms with Crippen LogP contribution in [-0.4, -0.2) is 34.5 Å². The lowest BCUT2D eigenvalue weighted by Gasteiger charge is -2.27. The van der Waals surface area contributed by atoms with Crippen LogP contribution in [0.25, 0.3) is 0 Å². The van der Waals surface area contributed by atoms with Crippen LogP contribution in [0.5, 0.6) is 0 Å². The van der Waals surface area contributed by atoms with Gasteiger partial charge in [0, 0.05) is 18.9 Å². The van der Waals surface area contributed by atoms with Crippen LogP contribution in [0.2, 0.25) is 0 Å². The van der Waals surface area contributed by atoms with Gasteiger partial charge in [-0.05, 0) is 52.4 Å². The van der Waals surface area contributed by atoms with Crippen LogP contribution in [0, 0.1) is 0 Å². The maximum Gasteiger partial charge on any atom is 0.323 e. The summed E-state index contributed by atoms with van der Waals surface area (Å²) in [5, 5.41) is 0. The number of hydrogen-bond acceptors (Lipinski definition) is 4. The topological polar surface area (TPSA) is 42.4 Å². The molecule has 1 aromatic heterocycles. The number of carbonyl (C=O) groups excluding carboxylic acids is 1. The van der Waals surface area contributed by atoms with Gasteiger partial charge in [-0.2, -0.15) is 0 Å². The molecule has 4 heteroatoms. The fourth-order valence-electron chi connectivity index (χ4n) is 1.48. The molecule has 0 fully saturated rings. The van der Waals surface area contributed by atoms with E-state index in [1.54, 1.807) is 12.4 Å². The van der Waals surface area contributed by atoms with E-state index in [0.29, 0.717) is 6.54 Å². The van der Waals surface area contributed by atoms with Crippen molar-refractivity contribution in [1.82, 2.24) is 9.88 Å². The minimum atomic E-state index is -0.442. The molecule has 100 valence electrons. The predicted molar refractivity (Wildman–Crippen MR) is 71.0 cm³/mol. The van der Waals surface area contributed by atoms with Gasteiger partial charge in [0.1, 0.15) is 11.6 Å². The van der Waals surface area contributed by atoms with Gasteiger partial charge in [0.25, 0.3) is 0 Å². The van der Waals surface area contributed by atoms with Crippen LogP contribution in [0.4, 0.5) is 0 Å². The number of carbonyl (C=O) groups is 1. The second-order valence-corrected chi connectivity index (χ2v) is 5.48. The summed E-state index contributed by atoms with van der Waals surface area (Å²) in [5.41, 5.74) is 0.686. The molecule has 1 heterocycles. The van der Waals surface area contributed by atoms with Crippen molar-refractivity contribution in [3.05, 3.63) is 30.1 Å². The largest absolute Gasteiger partial charge is 0.459 e. The molecule has 0 saturated heterocycles. The van der Waals surface area contributed by atoms with E-state index < -0.39 is 5.60 Å². The van der Waals surface area contributed by atoms with E-state index >= 15 is 0 Å². The highest BCUT2D eigenvalue weighted by Gasteiger charge is 2.24. The van der Waals surface area contributed by atoms with Gasteiger partial charge in [-0.25, -0.2) is 0 Å². The number of hydrogen-bond donors (Lipinski definition) is 0. The van der Waals surface area contributed by atoms with Gasteiger partial charge < -0.3 is 4.74 Å². The Morgan fingerprint density at radius 3 is 2.44 bits per heavy atom.